The molecule has 2 rings (SSSR count). The van der Waals surface area contributed by atoms with Crippen LogP contribution >= 0.6 is 11.6 Å². The second-order valence-electron chi connectivity index (χ2n) is 3.65. The van der Waals surface area contributed by atoms with Gasteiger partial charge >= 0.3 is 0 Å². The van der Waals surface area contributed by atoms with Gasteiger partial charge in [-0.1, -0.05) is 17.7 Å². The lowest BCUT2D eigenvalue weighted by molar-refractivity contribution is 0.438. The van der Waals surface area contributed by atoms with E-state index in [2.05, 4.69) is 0 Å². The summed E-state index contributed by atoms with van der Waals surface area (Å²) in [5, 5.41) is -0.0528. The molecule has 0 saturated carbocycles. The van der Waals surface area contributed by atoms with Crippen molar-refractivity contribution in [2.24, 2.45) is 5.73 Å². The van der Waals surface area contributed by atoms with Crippen molar-refractivity contribution in [1.82, 2.24) is 0 Å². The van der Waals surface area contributed by atoms with Gasteiger partial charge in [-0.05, 0) is 29.8 Å². The maximum Gasteiger partial charge on any atom is 0.184 e. The van der Waals surface area contributed by atoms with Gasteiger partial charge in [0.05, 0.1) is 5.02 Å². The topological polar surface area (TPSA) is 35.2 Å². The minimum Gasteiger partial charge on any atom is -0.454 e. The molecule has 0 radical (unpaired) electrons. The first-order valence-electron chi connectivity index (χ1n) is 5.21. The van der Waals surface area contributed by atoms with Crippen LogP contribution in [0, 0.1) is 11.6 Å². The fourth-order valence-corrected chi connectivity index (χ4v) is 1.65. The van der Waals surface area contributed by atoms with Crippen LogP contribution in [0.15, 0.2) is 36.4 Å². The molecule has 0 atom stereocenters. The van der Waals surface area contributed by atoms with Crippen molar-refractivity contribution < 1.29 is 13.5 Å². The van der Waals surface area contributed by atoms with Crippen LogP contribution in [0.4, 0.5) is 8.78 Å². The van der Waals surface area contributed by atoms with Crippen LogP contribution in [0.5, 0.6) is 11.5 Å². The Balaban J connectivity index is 2.34. The SMILES string of the molecule is NCc1cc(F)cc(Oc2cccc(Cl)c2F)c1. The standard InChI is InChI=1S/C13H10ClF2NO/c14-11-2-1-3-12(13(11)16)18-10-5-8(7-17)4-9(15)6-10/h1-6H,7,17H2. The predicted molar refractivity (Wildman–Crippen MR) is 65.8 cm³/mol. The van der Waals surface area contributed by atoms with Gasteiger partial charge in [-0.2, -0.15) is 0 Å². The molecule has 2 aromatic carbocycles. The van der Waals surface area contributed by atoms with Crippen molar-refractivity contribution in [3.63, 3.8) is 0 Å². The van der Waals surface area contributed by atoms with Crippen molar-refractivity contribution >= 4 is 11.6 Å². The number of rotatable bonds is 3. The van der Waals surface area contributed by atoms with E-state index in [1.165, 1.54) is 18.2 Å². The summed E-state index contributed by atoms with van der Waals surface area (Å²) in [6.45, 7) is 0.173. The van der Waals surface area contributed by atoms with Gasteiger partial charge in [-0.3, -0.25) is 0 Å². The van der Waals surface area contributed by atoms with Crippen molar-refractivity contribution in [2.45, 2.75) is 6.54 Å². The molecule has 2 aromatic rings. The van der Waals surface area contributed by atoms with Crippen molar-refractivity contribution in [1.29, 1.82) is 0 Å². The lowest BCUT2D eigenvalue weighted by atomic mass is 10.2. The van der Waals surface area contributed by atoms with Gasteiger partial charge in [-0.15, -0.1) is 0 Å². The van der Waals surface area contributed by atoms with Crippen molar-refractivity contribution in [3.05, 3.63) is 58.6 Å². The fourth-order valence-electron chi connectivity index (χ4n) is 1.49. The molecule has 0 saturated heterocycles. The fraction of sp³-hybridized carbons (Fsp3) is 0.0769. The van der Waals surface area contributed by atoms with Gasteiger partial charge in [0, 0.05) is 12.6 Å². The molecule has 2 nitrogen and oxygen atoms in total. The first kappa shape index (κ1) is 12.8. The molecule has 18 heavy (non-hydrogen) atoms. The Labute approximate surface area is 108 Å². The number of nitrogens with two attached hydrogens (primary N) is 1. The Hall–Kier alpha value is -1.65. The van der Waals surface area contributed by atoms with E-state index in [4.69, 9.17) is 22.1 Å². The zero-order valence-electron chi connectivity index (χ0n) is 9.29. The van der Waals surface area contributed by atoms with Gasteiger partial charge in [0.1, 0.15) is 11.6 Å². The molecular weight excluding hydrogens is 260 g/mol. The van der Waals surface area contributed by atoms with Gasteiger partial charge in [0.15, 0.2) is 11.6 Å². The van der Waals surface area contributed by atoms with Crippen LogP contribution in [0.2, 0.25) is 5.02 Å². The Kier molecular flexibility index (Phi) is 3.79. The highest BCUT2D eigenvalue weighted by Gasteiger charge is 2.09. The third kappa shape index (κ3) is 2.78. The van der Waals surface area contributed by atoms with Gasteiger partial charge < -0.3 is 10.5 Å². The molecule has 5 heteroatoms. The Morgan fingerprint density at radius 2 is 1.94 bits per heavy atom. The summed E-state index contributed by atoms with van der Waals surface area (Å²) in [4.78, 5) is 0. The lowest BCUT2D eigenvalue weighted by Gasteiger charge is -2.09. The molecule has 0 aromatic heterocycles. The normalized spacial score (nSPS) is 10.4. The third-order valence-corrected chi connectivity index (χ3v) is 2.60. The van der Waals surface area contributed by atoms with E-state index in [0.29, 0.717) is 5.56 Å². The number of ether oxygens (including phenoxy) is 1. The molecule has 0 heterocycles. The van der Waals surface area contributed by atoms with Crippen LogP contribution < -0.4 is 10.5 Å². The molecule has 2 N–H and O–H groups in total. The molecule has 0 amide bonds. The van der Waals surface area contributed by atoms with E-state index in [1.54, 1.807) is 12.1 Å². The minimum absolute atomic E-state index is 0.0528. The minimum atomic E-state index is -0.683. The highest BCUT2D eigenvalue weighted by atomic mass is 35.5. The van der Waals surface area contributed by atoms with E-state index in [1.807, 2.05) is 0 Å². The van der Waals surface area contributed by atoms with Crippen LogP contribution in [0.1, 0.15) is 5.56 Å². The van der Waals surface area contributed by atoms with E-state index in [9.17, 15) is 8.78 Å². The highest BCUT2D eigenvalue weighted by Crippen LogP contribution is 2.29. The average molecular weight is 270 g/mol. The Bertz CT molecular complexity index is 575. The van der Waals surface area contributed by atoms with E-state index >= 15 is 0 Å². The van der Waals surface area contributed by atoms with Crippen LogP contribution in [0.25, 0.3) is 0 Å². The summed E-state index contributed by atoms with van der Waals surface area (Å²) in [5.74, 6) is -1.05. The largest absolute Gasteiger partial charge is 0.454 e. The second-order valence-corrected chi connectivity index (χ2v) is 4.06. The number of halogens is 3. The summed E-state index contributed by atoms with van der Waals surface area (Å²) < 4.78 is 32.1. The number of hydrogen-bond donors (Lipinski definition) is 1. The summed E-state index contributed by atoms with van der Waals surface area (Å²) >= 11 is 5.62. The monoisotopic (exact) mass is 269 g/mol. The maximum atomic E-state index is 13.6. The average Bonchev–Trinajstić information content (AvgIpc) is 2.34. The van der Waals surface area contributed by atoms with Crippen molar-refractivity contribution in [3.8, 4) is 11.5 Å². The Morgan fingerprint density at radius 3 is 2.67 bits per heavy atom. The maximum absolute atomic E-state index is 13.6. The van der Waals surface area contributed by atoms with Gasteiger partial charge in [0.2, 0.25) is 0 Å². The van der Waals surface area contributed by atoms with Crippen LogP contribution in [-0.4, -0.2) is 0 Å². The lowest BCUT2D eigenvalue weighted by Crippen LogP contribution is -1.98. The quantitative estimate of drug-likeness (QED) is 0.918. The second kappa shape index (κ2) is 5.33. The zero-order valence-corrected chi connectivity index (χ0v) is 10.0. The van der Waals surface area contributed by atoms with Gasteiger partial charge in [0.25, 0.3) is 0 Å². The van der Waals surface area contributed by atoms with Crippen LogP contribution in [-0.2, 0) is 6.54 Å². The summed E-state index contributed by atoms with van der Waals surface area (Å²) in [6.07, 6.45) is 0. The highest BCUT2D eigenvalue weighted by molar-refractivity contribution is 6.30. The van der Waals surface area contributed by atoms with Crippen molar-refractivity contribution in [2.75, 3.05) is 0 Å². The summed E-state index contributed by atoms with van der Waals surface area (Å²) in [5.41, 5.74) is 5.98. The number of benzene rings is 2. The Morgan fingerprint density at radius 1 is 1.17 bits per heavy atom. The molecule has 0 aliphatic rings. The first-order chi connectivity index (χ1) is 8.60. The predicted octanol–water partition coefficient (Wildman–Crippen LogP) is 3.87. The molecular formula is C13H10ClF2NO. The molecule has 0 bridgehead atoms. The van der Waals surface area contributed by atoms with Gasteiger partial charge in [-0.25, -0.2) is 8.78 Å². The van der Waals surface area contributed by atoms with E-state index in [-0.39, 0.29) is 23.1 Å². The first-order valence-corrected chi connectivity index (χ1v) is 5.59. The summed E-state index contributed by atoms with van der Waals surface area (Å²) in [6, 6.07) is 8.35. The zero-order chi connectivity index (χ0) is 13.1. The molecule has 0 aliphatic heterocycles. The molecule has 0 aliphatic carbocycles. The molecule has 0 spiro atoms. The molecule has 0 unspecified atom stereocenters. The summed E-state index contributed by atoms with van der Waals surface area (Å²) in [7, 11) is 0. The molecule has 94 valence electrons. The van der Waals surface area contributed by atoms with E-state index in [0.717, 1.165) is 6.07 Å². The third-order valence-electron chi connectivity index (χ3n) is 2.31. The van der Waals surface area contributed by atoms with Crippen LogP contribution in [0.3, 0.4) is 0 Å². The smallest absolute Gasteiger partial charge is 0.184 e. The number of hydrogen-bond acceptors (Lipinski definition) is 2. The molecule has 0 fully saturated rings. The van der Waals surface area contributed by atoms with E-state index < -0.39 is 11.6 Å².